The van der Waals surface area contributed by atoms with Gasteiger partial charge in [0.05, 0.1) is 0 Å². The van der Waals surface area contributed by atoms with Crippen molar-refractivity contribution in [1.82, 2.24) is 10.2 Å². The van der Waals surface area contributed by atoms with Crippen LogP contribution >= 0.6 is 11.3 Å². The van der Waals surface area contributed by atoms with E-state index in [9.17, 15) is 9.59 Å². The third kappa shape index (κ3) is 3.39. The number of benzene rings is 1. The van der Waals surface area contributed by atoms with E-state index in [1.54, 1.807) is 24.3 Å². The smallest absolute Gasteiger partial charge is 0.257 e. The van der Waals surface area contributed by atoms with Crippen molar-refractivity contribution in [3.05, 3.63) is 34.8 Å². The molecule has 23 heavy (non-hydrogen) atoms. The first-order chi connectivity index (χ1) is 11.2. The molecule has 1 aromatic heterocycles. The maximum absolute atomic E-state index is 12.3. The summed E-state index contributed by atoms with van der Waals surface area (Å²) in [4.78, 5) is 24.1. The monoisotopic (exact) mass is 328 g/mol. The molecule has 1 aromatic carbocycles. The van der Waals surface area contributed by atoms with Crippen LogP contribution in [0.2, 0.25) is 0 Å². The van der Waals surface area contributed by atoms with Gasteiger partial charge in [-0.1, -0.05) is 17.4 Å². The van der Waals surface area contributed by atoms with Gasteiger partial charge in [0.25, 0.3) is 5.91 Å². The van der Waals surface area contributed by atoms with Gasteiger partial charge in [-0.05, 0) is 43.9 Å². The fourth-order valence-corrected chi connectivity index (χ4v) is 3.19. The number of rotatable bonds is 5. The lowest BCUT2D eigenvalue weighted by Gasteiger charge is -2.06. The maximum atomic E-state index is 12.3. The summed E-state index contributed by atoms with van der Waals surface area (Å²) in [6.45, 7) is 0. The summed E-state index contributed by atoms with van der Waals surface area (Å²) in [5.41, 5.74) is 1.13. The zero-order valence-electron chi connectivity index (χ0n) is 12.4. The van der Waals surface area contributed by atoms with Crippen molar-refractivity contribution in [2.45, 2.75) is 31.6 Å². The maximum Gasteiger partial charge on any atom is 0.257 e. The van der Waals surface area contributed by atoms with Gasteiger partial charge in [0.15, 0.2) is 0 Å². The number of nitrogens with zero attached hydrogens (tertiary/aromatic N) is 2. The molecule has 7 heteroatoms. The molecule has 2 aliphatic carbocycles. The number of carbonyl (C=O) groups excluding carboxylic acids is 2. The Labute approximate surface area is 137 Å². The van der Waals surface area contributed by atoms with Crippen LogP contribution in [0.15, 0.2) is 24.3 Å². The lowest BCUT2D eigenvalue weighted by Crippen LogP contribution is -2.15. The van der Waals surface area contributed by atoms with Crippen LogP contribution in [0.25, 0.3) is 0 Å². The zero-order valence-corrected chi connectivity index (χ0v) is 13.2. The Morgan fingerprint density at radius 2 is 1.91 bits per heavy atom. The van der Waals surface area contributed by atoms with Gasteiger partial charge in [-0.2, -0.15) is 0 Å². The molecule has 0 aliphatic heterocycles. The molecule has 1 heterocycles. The molecule has 0 saturated heterocycles. The molecule has 0 bridgehead atoms. The fourth-order valence-electron chi connectivity index (χ4n) is 2.28. The van der Waals surface area contributed by atoms with E-state index >= 15 is 0 Å². The Morgan fingerprint density at radius 1 is 1.09 bits per heavy atom. The molecule has 2 aliphatic rings. The molecule has 2 N–H and O–H groups in total. The highest BCUT2D eigenvalue weighted by molar-refractivity contribution is 7.15. The van der Waals surface area contributed by atoms with Crippen molar-refractivity contribution in [1.29, 1.82) is 0 Å². The summed E-state index contributed by atoms with van der Waals surface area (Å²) in [7, 11) is 0. The molecule has 0 unspecified atom stereocenters. The predicted octanol–water partition coefficient (Wildman–Crippen LogP) is 3.02. The van der Waals surface area contributed by atoms with E-state index in [-0.39, 0.29) is 17.7 Å². The highest BCUT2D eigenvalue weighted by Crippen LogP contribution is 2.42. The molecule has 2 fully saturated rings. The molecule has 0 spiro atoms. The third-order valence-electron chi connectivity index (χ3n) is 3.93. The number of aromatic nitrogens is 2. The molecular weight excluding hydrogens is 312 g/mol. The zero-order chi connectivity index (χ0) is 15.8. The number of anilines is 2. The number of amides is 2. The number of hydrogen-bond acceptors (Lipinski definition) is 5. The molecule has 0 atom stereocenters. The summed E-state index contributed by atoms with van der Waals surface area (Å²) in [6, 6.07) is 6.93. The van der Waals surface area contributed by atoms with Gasteiger partial charge in [-0.25, -0.2) is 0 Å². The van der Waals surface area contributed by atoms with Gasteiger partial charge in [0, 0.05) is 23.1 Å². The predicted molar refractivity (Wildman–Crippen MR) is 87.6 cm³/mol. The van der Waals surface area contributed by atoms with Gasteiger partial charge in [-0.3, -0.25) is 14.9 Å². The van der Waals surface area contributed by atoms with E-state index in [0.29, 0.717) is 22.3 Å². The average molecular weight is 328 g/mol. The highest BCUT2D eigenvalue weighted by Gasteiger charge is 2.30. The van der Waals surface area contributed by atoms with Crippen LogP contribution in [0, 0.1) is 5.92 Å². The number of carbonyl (C=O) groups is 2. The minimum atomic E-state index is -0.244. The van der Waals surface area contributed by atoms with E-state index in [0.717, 1.165) is 30.7 Å². The molecule has 4 rings (SSSR count). The Balaban J connectivity index is 1.43. The molecular formula is C16H16N4O2S. The van der Waals surface area contributed by atoms with Gasteiger partial charge in [0.1, 0.15) is 5.01 Å². The Kier molecular flexibility index (Phi) is 3.57. The van der Waals surface area contributed by atoms with Crippen molar-refractivity contribution in [2.24, 2.45) is 5.92 Å². The largest absolute Gasteiger partial charge is 0.326 e. The van der Waals surface area contributed by atoms with Crippen LogP contribution in [0.5, 0.6) is 0 Å². The van der Waals surface area contributed by atoms with Gasteiger partial charge in [0.2, 0.25) is 11.0 Å². The van der Waals surface area contributed by atoms with E-state index in [1.165, 1.54) is 11.3 Å². The lowest BCUT2D eigenvalue weighted by molar-refractivity contribution is -0.117. The quantitative estimate of drug-likeness (QED) is 0.883. The number of hydrogen-bond donors (Lipinski definition) is 2. The van der Waals surface area contributed by atoms with Crippen molar-refractivity contribution >= 4 is 34.0 Å². The van der Waals surface area contributed by atoms with Gasteiger partial charge in [-0.15, -0.1) is 10.2 Å². The first-order valence-corrected chi connectivity index (χ1v) is 8.56. The van der Waals surface area contributed by atoms with Crippen molar-refractivity contribution in [3.8, 4) is 0 Å². The van der Waals surface area contributed by atoms with Crippen LogP contribution in [0.4, 0.5) is 10.8 Å². The van der Waals surface area contributed by atoms with E-state index in [1.807, 2.05) is 0 Å². The van der Waals surface area contributed by atoms with Crippen LogP contribution < -0.4 is 10.6 Å². The minimum absolute atomic E-state index is 0.0285. The second-order valence-electron chi connectivity index (χ2n) is 6.02. The second kappa shape index (κ2) is 5.73. The summed E-state index contributed by atoms with van der Waals surface area (Å²) in [5, 5.41) is 15.2. The van der Waals surface area contributed by atoms with E-state index in [4.69, 9.17) is 0 Å². The first kappa shape index (κ1) is 14.3. The average Bonchev–Trinajstić information content (AvgIpc) is 3.46. The minimum Gasteiger partial charge on any atom is -0.326 e. The van der Waals surface area contributed by atoms with Crippen molar-refractivity contribution in [3.63, 3.8) is 0 Å². The SMILES string of the molecule is O=C(Nc1nnc(C2CC2)s1)c1cccc(NC(=O)C2CC2)c1. The van der Waals surface area contributed by atoms with Crippen molar-refractivity contribution < 1.29 is 9.59 Å². The first-order valence-electron chi connectivity index (χ1n) is 7.75. The van der Waals surface area contributed by atoms with E-state index < -0.39 is 0 Å². The molecule has 0 radical (unpaired) electrons. The van der Waals surface area contributed by atoms with Gasteiger partial charge >= 0.3 is 0 Å². The normalized spacial score (nSPS) is 16.9. The second-order valence-corrected chi connectivity index (χ2v) is 7.03. The Morgan fingerprint density at radius 3 is 2.65 bits per heavy atom. The van der Waals surface area contributed by atoms with E-state index in [2.05, 4.69) is 20.8 Å². The van der Waals surface area contributed by atoms with Crippen LogP contribution in [0.3, 0.4) is 0 Å². The fraction of sp³-hybridized carbons (Fsp3) is 0.375. The molecule has 2 aromatic rings. The van der Waals surface area contributed by atoms with Crippen LogP contribution in [-0.4, -0.2) is 22.0 Å². The number of nitrogens with one attached hydrogen (secondary N) is 2. The summed E-state index contributed by atoms with van der Waals surface area (Å²) in [6.07, 6.45) is 4.22. The van der Waals surface area contributed by atoms with Crippen molar-refractivity contribution in [2.75, 3.05) is 10.6 Å². The molecule has 2 amide bonds. The molecule has 6 nitrogen and oxygen atoms in total. The standard InChI is InChI=1S/C16H16N4O2S/c21-13(9-4-5-9)17-12-3-1-2-11(8-12)14(22)18-16-20-19-15(23-16)10-6-7-10/h1-3,8-10H,4-7H2,(H,17,21)(H,18,20,22). The Hall–Kier alpha value is -2.28. The Bertz CT molecular complexity index is 765. The van der Waals surface area contributed by atoms with Gasteiger partial charge < -0.3 is 5.32 Å². The van der Waals surface area contributed by atoms with Crippen LogP contribution in [0.1, 0.15) is 47.0 Å². The summed E-state index contributed by atoms with van der Waals surface area (Å²) >= 11 is 1.43. The van der Waals surface area contributed by atoms with Crippen LogP contribution in [-0.2, 0) is 4.79 Å². The summed E-state index contributed by atoms with van der Waals surface area (Å²) < 4.78 is 0. The molecule has 118 valence electrons. The summed E-state index contributed by atoms with van der Waals surface area (Å²) in [5.74, 6) is 0.445. The highest BCUT2D eigenvalue weighted by atomic mass is 32.1. The lowest BCUT2D eigenvalue weighted by atomic mass is 10.2. The topological polar surface area (TPSA) is 84.0 Å². The molecule has 2 saturated carbocycles. The third-order valence-corrected chi connectivity index (χ3v) is 4.93.